The third-order valence-corrected chi connectivity index (χ3v) is 5.80. The van der Waals surface area contributed by atoms with E-state index in [2.05, 4.69) is 9.44 Å². The molecule has 6 nitrogen and oxygen atoms in total. The van der Waals surface area contributed by atoms with E-state index in [1.54, 1.807) is 24.3 Å². The van der Waals surface area contributed by atoms with Crippen LogP contribution in [0.25, 0.3) is 0 Å². The second kappa shape index (κ2) is 6.10. The molecule has 0 aromatic heterocycles. The minimum atomic E-state index is -3.80. The molecular formula is C16H18N2O4S2. The minimum Gasteiger partial charge on any atom is -0.282 e. The predicted molar refractivity (Wildman–Crippen MR) is 94.2 cm³/mol. The van der Waals surface area contributed by atoms with Crippen molar-refractivity contribution in [2.45, 2.75) is 24.2 Å². The summed E-state index contributed by atoms with van der Waals surface area (Å²) in [6, 6.07) is 11.4. The Labute approximate surface area is 142 Å². The second-order valence-corrected chi connectivity index (χ2v) is 9.24. The van der Waals surface area contributed by atoms with Crippen molar-refractivity contribution < 1.29 is 16.8 Å². The first-order valence-corrected chi connectivity index (χ1v) is 10.8. The van der Waals surface area contributed by atoms with Crippen molar-refractivity contribution in [3.63, 3.8) is 0 Å². The number of aryl methyl sites for hydroxylation is 2. The van der Waals surface area contributed by atoms with Crippen molar-refractivity contribution in [3.8, 4) is 0 Å². The van der Waals surface area contributed by atoms with Crippen LogP contribution >= 0.6 is 0 Å². The summed E-state index contributed by atoms with van der Waals surface area (Å²) in [7, 11) is -7.31. The molecular weight excluding hydrogens is 348 g/mol. The Morgan fingerprint density at radius 2 is 1.46 bits per heavy atom. The first-order valence-electron chi connectivity index (χ1n) is 7.46. The normalized spacial score (nSPS) is 14.2. The fourth-order valence-corrected chi connectivity index (χ4v) is 4.49. The van der Waals surface area contributed by atoms with Gasteiger partial charge >= 0.3 is 0 Å². The zero-order chi connectivity index (χ0) is 17.4. The number of anilines is 2. The van der Waals surface area contributed by atoms with Crippen molar-refractivity contribution in [1.29, 1.82) is 0 Å². The average molecular weight is 366 g/mol. The lowest BCUT2D eigenvalue weighted by molar-refractivity contribution is 0.600. The van der Waals surface area contributed by atoms with Gasteiger partial charge in [0.1, 0.15) is 0 Å². The van der Waals surface area contributed by atoms with Crippen LogP contribution in [0.1, 0.15) is 17.5 Å². The number of hydrogen-bond acceptors (Lipinski definition) is 4. The molecule has 1 aliphatic carbocycles. The molecule has 1 aliphatic rings. The highest BCUT2D eigenvalue weighted by Gasteiger charge is 2.20. The number of benzene rings is 2. The lowest BCUT2D eigenvalue weighted by Crippen LogP contribution is -2.16. The van der Waals surface area contributed by atoms with Gasteiger partial charge in [-0.1, -0.05) is 18.2 Å². The zero-order valence-corrected chi connectivity index (χ0v) is 14.7. The number of sulfonamides is 2. The van der Waals surface area contributed by atoms with Gasteiger partial charge in [0.25, 0.3) is 10.0 Å². The van der Waals surface area contributed by atoms with Crippen LogP contribution in [0.15, 0.2) is 47.4 Å². The summed E-state index contributed by atoms with van der Waals surface area (Å²) in [6.45, 7) is 0. The van der Waals surface area contributed by atoms with E-state index < -0.39 is 20.0 Å². The molecule has 0 saturated carbocycles. The summed E-state index contributed by atoms with van der Waals surface area (Å²) >= 11 is 0. The van der Waals surface area contributed by atoms with E-state index in [9.17, 15) is 16.8 Å². The smallest absolute Gasteiger partial charge is 0.261 e. The molecule has 3 rings (SSSR count). The SMILES string of the molecule is CS(=O)(=O)Nc1ccccc1NS(=O)(=O)c1ccc2c(c1)CCC2. The molecule has 0 saturated heterocycles. The highest BCUT2D eigenvalue weighted by Crippen LogP contribution is 2.28. The first-order chi connectivity index (χ1) is 11.2. The number of rotatable bonds is 5. The van der Waals surface area contributed by atoms with Crippen LogP contribution in [-0.4, -0.2) is 23.1 Å². The molecule has 2 aromatic rings. The van der Waals surface area contributed by atoms with E-state index in [-0.39, 0.29) is 16.3 Å². The fourth-order valence-electron chi connectivity index (χ4n) is 2.78. The Hall–Kier alpha value is -2.06. The lowest BCUT2D eigenvalue weighted by atomic mass is 10.1. The van der Waals surface area contributed by atoms with Crippen LogP contribution in [0.2, 0.25) is 0 Å². The van der Waals surface area contributed by atoms with Crippen LogP contribution < -0.4 is 9.44 Å². The Kier molecular flexibility index (Phi) is 4.27. The number of nitrogens with one attached hydrogen (secondary N) is 2. The van der Waals surface area contributed by atoms with E-state index in [4.69, 9.17) is 0 Å². The summed E-state index contributed by atoms with van der Waals surface area (Å²) in [5.74, 6) is 0. The van der Waals surface area contributed by atoms with Crippen molar-refractivity contribution in [1.82, 2.24) is 0 Å². The van der Waals surface area contributed by atoms with Gasteiger partial charge in [0, 0.05) is 0 Å². The fraction of sp³-hybridized carbons (Fsp3) is 0.250. The van der Waals surface area contributed by atoms with Gasteiger partial charge < -0.3 is 0 Å². The number of para-hydroxylation sites is 2. The Balaban J connectivity index is 1.93. The van der Waals surface area contributed by atoms with E-state index in [1.807, 2.05) is 6.07 Å². The molecule has 0 fully saturated rings. The van der Waals surface area contributed by atoms with Gasteiger partial charge in [-0.25, -0.2) is 16.8 Å². The number of fused-ring (bicyclic) bond motifs is 1. The molecule has 2 aromatic carbocycles. The quantitative estimate of drug-likeness (QED) is 0.849. The van der Waals surface area contributed by atoms with Crippen LogP contribution in [-0.2, 0) is 32.9 Å². The molecule has 24 heavy (non-hydrogen) atoms. The maximum atomic E-state index is 12.6. The standard InChI is InChI=1S/C16H18N2O4S2/c1-23(19,20)17-15-7-2-3-8-16(15)18-24(21,22)14-10-9-12-5-4-6-13(12)11-14/h2-3,7-11,17-18H,4-6H2,1H3. The van der Waals surface area contributed by atoms with Crippen LogP contribution in [0.4, 0.5) is 11.4 Å². The Morgan fingerprint density at radius 3 is 2.12 bits per heavy atom. The molecule has 0 bridgehead atoms. The van der Waals surface area contributed by atoms with Crippen molar-refractivity contribution in [2.24, 2.45) is 0 Å². The molecule has 2 N–H and O–H groups in total. The third-order valence-electron chi connectivity index (χ3n) is 3.85. The summed E-state index contributed by atoms with van der Waals surface area (Å²) in [5, 5.41) is 0. The molecule has 0 unspecified atom stereocenters. The largest absolute Gasteiger partial charge is 0.282 e. The summed E-state index contributed by atoms with van der Waals surface area (Å²) in [6.07, 6.45) is 3.90. The molecule has 0 atom stereocenters. The van der Waals surface area contributed by atoms with Crippen molar-refractivity contribution in [3.05, 3.63) is 53.6 Å². The van der Waals surface area contributed by atoms with Gasteiger partial charge in [-0.2, -0.15) is 0 Å². The number of hydrogen-bond donors (Lipinski definition) is 2. The lowest BCUT2D eigenvalue weighted by Gasteiger charge is -2.14. The first kappa shape index (κ1) is 16.8. The molecule has 128 valence electrons. The molecule has 0 radical (unpaired) electrons. The maximum absolute atomic E-state index is 12.6. The summed E-state index contributed by atoms with van der Waals surface area (Å²) in [4.78, 5) is 0.178. The Morgan fingerprint density at radius 1 is 0.833 bits per heavy atom. The molecule has 8 heteroatoms. The summed E-state index contributed by atoms with van der Waals surface area (Å²) < 4.78 is 52.9. The topological polar surface area (TPSA) is 92.3 Å². The maximum Gasteiger partial charge on any atom is 0.261 e. The van der Waals surface area contributed by atoms with E-state index in [0.717, 1.165) is 31.1 Å². The Bertz CT molecular complexity index is 983. The average Bonchev–Trinajstić information content (AvgIpc) is 2.95. The highest BCUT2D eigenvalue weighted by atomic mass is 32.2. The van der Waals surface area contributed by atoms with Crippen LogP contribution in [0.3, 0.4) is 0 Å². The minimum absolute atomic E-state index is 0.178. The van der Waals surface area contributed by atoms with Crippen molar-refractivity contribution >= 4 is 31.4 Å². The van der Waals surface area contributed by atoms with Gasteiger partial charge in [0.2, 0.25) is 10.0 Å². The van der Waals surface area contributed by atoms with Crippen LogP contribution in [0, 0.1) is 0 Å². The van der Waals surface area contributed by atoms with Gasteiger partial charge in [-0.3, -0.25) is 9.44 Å². The molecule has 0 amide bonds. The summed E-state index contributed by atoms with van der Waals surface area (Å²) in [5.41, 5.74) is 2.61. The van der Waals surface area contributed by atoms with Gasteiger partial charge in [-0.05, 0) is 54.7 Å². The van der Waals surface area contributed by atoms with Gasteiger partial charge in [-0.15, -0.1) is 0 Å². The monoisotopic (exact) mass is 366 g/mol. The van der Waals surface area contributed by atoms with Crippen molar-refractivity contribution in [2.75, 3.05) is 15.7 Å². The predicted octanol–water partition coefficient (Wildman–Crippen LogP) is 2.35. The molecule has 0 spiro atoms. The van der Waals surface area contributed by atoms with Gasteiger partial charge in [0.05, 0.1) is 22.5 Å². The van der Waals surface area contributed by atoms with Gasteiger partial charge in [0.15, 0.2) is 0 Å². The highest BCUT2D eigenvalue weighted by molar-refractivity contribution is 7.93. The van der Waals surface area contributed by atoms with E-state index in [0.29, 0.717) is 0 Å². The molecule has 0 heterocycles. The zero-order valence-electron chi connectivity index (χ0n) is 13.1. The van der Waals surface area contributed by atoms with Crippen LogP contribution in [0.5, 0.6) is 0 Å². The second-order valence-electron chi connectivity index (χ2n) is 5.81. The van der Waals surface area contributed by atoms with E-state index in [1.165, 1.54) is 17.7 Å². The van der Waals surface area contributed by atoms with E-state index >= 15 is 0 Å². The third kappa shape index (κ3) is 3.70. The molecule has 0 aliphatic heterocycles.